The first-order chi connectivity index (χ1) is 4.35. The van der Waals surface area contributed by atoms with Gasteiger partial charge in [-0.3, -0.25) is 0 Å². The molecule has 0 aromatic heterocycles. The highest BCUT2D eigenvalue weighted by Gasteiger charge is 1.98. The van der Waals surface area contributed by atoms with Gasteiger partial charge in [-0.05, 0) is 13.8 Å². The van der Waals surface area contributed by atoms with Crippen LogP contribution in [0.4, 0.5) is 0 Å². The molecule has 0 aliphatic heterocycles. The predicted molar refractivity (Wildman–Crippen MR) is 42.2 cm³/mol. The Morgan fingerprint density at radius 2 is 1.78 bits per heavy atom. The first-order valence-corrected chi connectivity index (χ1v) is 4.28. The molecular formula is C7H17ClN+. The van der Waals surface area contributed by atoms with E-state index in [-0.39, 0.29) is 0 Å². The molecule has 0 atom stereocenters. The Kier molecular flexibility index (Phi) is 6.55. The van der Waals surface area contributed by atoms with Gasteiger partial charge in [-0.15, -0.1) is 11.6 Å². The molecule has 2 heteroatoms. The van der Waals surface area contributed by atoms with Gasteiger partial charge >= 0.3 is 0 Å². The van der Waals surface area contributed by atoms with Crippen LogP contribution in [0, 0.1) is 0 Å². The highest BCUT2D eigenvalue weighted by Crippen LogP contribution is 1.77. The van der Waals surface area contributed by atoms with Crippen molar-refractivity contribution >= 4 is 11.6 Å². The second-order valence-electron chi connectivity index (χ2n) is 2.25. The molecule has 0 saturated heterocycles. The van der Waals surface area contributed by atoms with Crippen molar-refractivity contribution in [3.8, 4) is 0 Å². The number of rotatable bonds is 5. The van der Waals surface area contributed by atoms with Crippen molar-refractivity contribution in [3.05, 3.63) is 0 Å². The fourth-order valence-corrected chi connectivity index (χ4v) is 1.05. The Bertz CT molecular complexity index is 52.9. The molecular weight excluding hydrogens is 134 g/mol. The predicted octanol–water partition coefficient (Wildman–Crippen LogP) is 0.540. The fraction of sp³-hybridized carbons (Fsp3) is 1.00. The Balaban J connectivity index is 3.09. The number of nitrogens with one attached hydrogen (secondary N) is 1. The third-order valence-electron chi connectivity index (χ3n) is 1.66. The number of hydrogen-bond acceptors (Lipinski definition) is 0. The lowest BCUT2D eigenvalue weighted by Crippen LogP contribution is -3.11. The van der Waals surface area contributed by atoms with E-state index >= 15 is 0 Å². The van der Waals surface area contributed by atoms with Gasteiger partial charge in [0.05, 0.1) is 19.6 Å². The molecule has 0 rings (SSSR count). The van der Waals surface area contributed by atoms with E-state index < -0.39 is 0 Å². The maximum absolute atomic E-state index is 5.55. The van der Waals surface area contributed by atoms with Crippen LogP contribution in [0.25, 0.3) is 0 Å². The highest BCUT2D eigenvalue weighted by atomic mass is 35.5. The number of quaternary nitrogens is 1. The molecule has 0 aliphatic carbocycles. The summed E-state index contributed by atoms with van der Waals surface area (Å²) in [5.74, 6) is 0.809. The van der Waals surface area contributed by atoms with Crippen molar-refractivity contribution in [2.24, 2.45) is 0 Å². The summed E-state index contributed by atoms with van der Waals surface area (Å²) in [5.41, 5.74) is 0. The summed E-state index contributed by atoms with van der Waals surface area (Å²) < 4.78 is 0. The highest BCUT2D eigenvalue weighted by molar-refractivity contribution is 6.17. The average molecular weight is 151 g/mol. The van der Waals surface area contributed by atoms with E-state index in [0.717, 1.165) is 12.3 Å². The Morgan fingerprint density at radius 1 is 1.22 bits per heavy atom. The van der Waals surface area contributed by atoms with E-state index in [9.17, 15) is 0 Å². The summed E-state index contributed by atoms with van der Waals surface area (Å²) in [7, 11) is 0. The van der Waals surface area contributed by atoms with Gasteiger partial charge in [-0.2, -0.15) is 0 Å². The molecule has 0 radical (unpaired) electrons. The van der Waals surface area contributed by atoms with Crippen LogP contribution in [-0.2, 0) is 0 Å². The van der Waals surface area contributed by atoms with Crippen LogP contribution in [0.15, 0.2) is 0 Å². The molecule has 0 fully saturated rings. The summed E-state index contributed by atoms with van der Waals surface area (Å²) in [4.78, 5) is 1.65. The molecule has 0 aromatic rings. The number of halogens is 1. The molecule has 1 nitrogen and oxygen atoms in total. The molecule has 0 unspecified atom stereocenters. The summed E-state index contributed by atoms with van der Waals surface area (Å²) in [6, 6.07) is 0. The topological polar surface area (TPSA) is 4.44 Å². The van der Waals surface area contributed by atoms with Crippen LogP contribution < -0.4 is 4.90 Å². The minimum atomic E-state index is 0.809. The average Bonchev–Trinajstić information content (AvgIpc) is 1.91. The smallest absolute Gasteiger partial charge is 0.0782 e. The zero-order valence-electron chi connectivity index (χ0n) is 6.41. The van der Waals surface area contributed by atoms with Crippen LogP contribution in [0.1, 0.15) is 20.3 Å². The van der Waals surface area contributed by atoms with Crippen LogP contribution in [0.5, 0.6) is 0 Å². The van der Waals surface area contributed by atoms with E-state index in [2.05, 4.69) is 13.8 Å². The normalized spacial score (nSPS) is 10.7. The lowest BCUT2D eigenvalue weighted by Gasteiger charge is -2.13. The second-order valence-corrected chi connectivity index (χ2v) is 2.63. The molecule has 0 spiro atoms. The molecule has 1 N–H and O–H groups in total. The first-order valence-electron chi connectivity index (χ1n) is 3.74. The van der Waals surface area contributed by atoms with Crippen LogP contribution in [0.2, 0.25) is 0 Å². The van der Waals surface area contributed by atoms with Crippen LogP contribution in [0.3, 0.4) is 0 Å². The fourth-order valence-electron chi connectivity index (χ4n) is 0.920. The van der Waals surface area contributed by atoms with Crippen molar-refractivity contribution in [2.75, 3.05) is 25.5 Å². The minimum Gasteiger partial charge on any atom is -0.335 e. The molecule has 0 heterocycles. The van der Waals surface area contributed by atoms with Crippen LogP contribution >= 0.6 is 11.6 Å². The van der Waals surface area contributed by atoms with Crippen molar-refractivity contribution in [3.63, 3.8) is 0 Å². The number of alkyl halides is 1. The summed E-state index contributed by atoms with van der Waals surface area (Å²) in [6.45, 7) is 8.12. The quantitative estimate of drug-likeness (QED) is 0.546. The largest absolute Gasteiger partial charge is 0.335 e. The van der Waals surface area contributed by atoms with Gasteiger partial charge in [0.25, 0.3) is 0 Å². The van der Waals surface area contributed by atoms with Gasteiger partial charge in [0.15, 0.2) is 0 Å². The van der Waals surface area contributed by atoms with Gasteiger partial charge in [-0.25, -0.2) is 0 Å². The maximum Gasteiger partial charge on any atom is 0.0782 e. The molecule has 0 bridgehead atoms. The van der Waals surface area contributed by atoms with E-state index in [4.69, 9.17) is 11.6 Å². The zero-order chi connectivity index (χ0) is 7.11. The van der Waals surface area contributed by atoms with E-state index in [1.165, 1.54) is 19.6 Å². The molecule has 56 valence electrons. The minimum absolute atomic E-state index is 0.809. The molecule has 0 aliphatic rings. The van der Waals surface area contributed by atoms with Crippen molar-refractivity contribution in [1.29, 1.82) is 0 Å². The van der Waals surface area contributed by atoms with Crippen LogP contribution in [-0.4, -0.2) is 25.5 Å². The summed E-state index contributed by atoms with van der Waals surface area (Å²) in [6.07, 6.45) is 1.15. The van der Waals surface area contributed by atoms with Gasteiger partial charge in [0, 0.05) is 12.3 Å². The van der Waals surface area contributed by atoms with Crippen molar-refractivity contribution in [1.82, 2.24) is 0 Å². The number of hydrogen-bond donors (Lipinski definition) is 1. The first kappa shape index (κ1) is 9.25. The zero-order valence-corrected chi connectivity index (χ0v) is 7.17. The van der Waals surface area contributed by atoms with E-state index in [1.54, 1.807) is 4.90 Å². The molecule has 0 saturated carbocycles. The standard InChI is InChI=1S/C7H16ClN/c1-3-9(4-2)7-5-6-8/h3-7H2,1-2H3/p+1. The van der Waals surface area contributed by atoms with Gasteiger partial charge in [-0.1, -0.05) is 0 Å². The van der Waals surface area contributed by atoms with Gasteiger partial charge < -0.3 is 4.90 Å². The van der Waals surface area contributed by atoms with Crippen molar-refractivity contribution in [2.45, 2.75) is 20.3 Å². The lowest BCUT2D eigenvalue weighted by atomic mass is 10.4. The third-order valence-corrected chi connectivity index (χ3v) is 1.93. The Morgan fingerprint density at radius 3 is 2.11 bits per heavy atom. The third kappa shape index (κ3) is 4.73. The summed E-state index contributed by atoms with van der Waals surface area (Å²) >= 11 is 5.55. The maximum atomic E-state index is 5.55. The van der Waals surface area contributed by atoms with E-state index in [1.807, 2.05) is 0 Å². The van der Waals surface area contributed by atoms with Gasteiger partial charge in [0.1, 0.15) is 0 Å². The molecule has 9 heavy (non-hydrogen) atoms. The Labute approximate surface area is 63.0 Å². The second kappa shape index (κ2) is 6.37. The van der Waals surface area contributed by atoms with Gasteiger partial charge in [0.2, 0.25) is 0 Å². The lowest BCUT2D eigenvalue weighted by molar-refractivity contribution is -0.896. The monoisotopic (exact) mass is 150 g/mol. The Hall–Kier alpha value is 0.250. The SMILES string of the molecule is CC[NH+](CC)CCCCl. The van der Waals surface area contributed by atoms with E-state index in [0.29, 0.717) is 0 Å². The summed E-state index contributed by atoms with van der Waals surface area (Å²) in [5, 5.41) is 0. The molecule has 0 aromatic carbocycles. The molecule has 0 amide bonds. The van der Waals surface area contributed by atoms with Crippen molar-refractivity contribution < 1.29 is 4.90 Å².